The van der Waals surface area contributed by atoms with Crippen LogP contribution >= 0.6 is 11.6 Å². The first kappa shape index (κ1) is 15.2. The number of nitro benzene ring substituents is 1. The number of halogens is 2. The zero-order valence-corrected chi connectivity index (χ0v) is 12.5. The second kappa shape index (κ2) is 5.69. The predicted molar refractivity (Wildman–Crippen MR) is 78.1 cm³/mol. The Labute approximate surface area is 125 Å². The van der Waals surface area contributed by atoms with Crippen LogP contribution in [-0.4, -0.2) is 14.7 Å². The number of nitrogens with zero attached hydrogens (tertiary/aromatic N) is 3. The summed E-state index contributed by atoms with van der Waals surface area (Å²) in [5.41, 5.74) is 2.50. The molecule has 0 aliphatic heterocycles. The number of rotatable bonds is 4. The molecule has 2 aromatic rings. The molecule has 0 aliphatic rings. The summed E-state index contributed by atoms with van der Waals surface area (Å²) in [6, 6.07) is 2.03. The van der Waals surface area contributed by atoms with Crippen LogP contribution in [0.1, 0.15) is 17.0 Å². The second-order valence-electron chi connectivity index (χ2n) is 4.67. The highest BCUT2D eigenvalue weighted by molar-refractivity contribution is 6.31. The van der Waals surface area contributed by atoms with Crippen LogP contribution in [0, 0.1) is 29.8 Å². The Balaban J connectivity index is 2.31. The van der Waals surface area contributed by atoms with Crippen molar-refractivity contribution in [2.75, 3.05) is 5.32 Å². The molecule has 0 fully saturated rings. The fourth-order valence-corrected chi connectivity index (χ4v) is 2.24. The molecule has 1 aromatic heterocycles. The lowest BCUT2D eigenvalue weighted by molar-refractivity contribution is -0.384. The zero-order chi connectivity index (χ0) is 15.7. The van der Waals surface area contributed by atoms with Gasteiger partial charge in [0.1, 0.15) is 11.5 Å². The first-order valence-corrected chi connectivity index (χ1v) is 6.55. The van der Waals surface area contributed by atoms with Gasteiger partial charge in [0.2, 0.25) is 0 Å². The molecule has 0 atom stereocenters. The molecule has 0 saturated heterocycles. The van der Waals surface area contributed by atoms with E-state index in [0.717, 1.165) is 29.1 Å². The molecule has 112 valence electrons. The Morgan fingerprint density at radius 3 is 2.67 bits per heavy atom. The van der Waals surface area contributed by atoms with Gasteiger partial charge in [0.05, 0.1) is 15.6 Å². The second-order valence-corrected chi connectivity index (χ2v) is 5.07. The van der Waals surface area contributed by atoms with Crippen molar-refractivity contribution in [1.29, 1.82) is 0 Å². The first-order valence-electron chi connectivity index (χ1n) is 6.17. The summed E-state index contributed by atoms with van der Waals surface area (Å²) >= 11 is 5.58. The average Bonchev–Trinajstić information content (AvgIpc) is 2.64. The van der Waals surface area contributed by atoms with E-state index in [2.05, 4.69) is 10.4 Å². The molecule has 8 heteroatoms. The van der Waals surface area contributed by atoms with E-state index >= 15 is 0 Å². The van der Waals surface area contributed by atoms with Gasteiger partial charge in [0.25, 0.3) is 5.69 Å². The average molecular weight is 313 g/mol. The molecule has 0 bridgehead atoms. The Morgan fingerprint density at radius 2 is 2.14 bits per heavy atom. The molecule has 2 rings (SSSR count). The van der Waals surface area contributed by atoms with E-state index in [9.17, 15) is 14.5 Å². The molecule has 6 nitrogen and oxygen atoms in total. The summed E-state index contributed by atoms with van der Waals surface area (Å²) in [6.07, 6.45) is 0. The zero-order valence-electron chi connectivity index (χ0n) is 11.8. The third kappa shape index (κ3) is 2.97. The minimum absolute atomic E-state index is 0.0875. The Hall–Kier alpha value is -2.15. The number of nitro groups is 1. The van der Waals surface area contributed by atoms with Crippen LogP contribution in [0.25, 0.3) is 0 Å². The Bertz CT molecular complexity index is 715. The summed E-state index contributed by atoms with van der Waals surface area (Å²) in [6.45, 7) is 4.06. The van der Waals surface area contributed by atoms with Gasteiger partial charge in [-0.05, 0) is 13.8 Å². The van der Waals surface area contributed by atoms with Crippen LogP contribution in [0.15, 0.2) is 12.1 Å². The van der Waals surface area contributed by atoms with Crippen LogP contribution in [0.5, 0.6) is 0 Å². The number of aromatic nitrogens is 2. The third-order valence-corrected chi connectivity index (χ3v) is 3.64. The van der Waals surface area contributed by atoms with Crippen molar-refractivity contribution in [3.63, 3.8) is 0 Å². The lowest BCUT2D eigenvalue weighted by Gasteiger charge is -2.08. The summed E-state index contributed by atoms with van der Waals surface area (Å²) in [5, 5.41) is 17.9. The van der Waals surface area contributed by atoms with Crippen LogP contribution < -0.4 is 5.32 Å². The minimum Gasteiger partial charge on any atom is -0.375 e. The van der Waals surface area contributed by atoms with Crippen molar-refractivity contribution < 1.29 is 9.31 Å². The highest BCUT2D eigenvalue weighted by Gasteiger charge is 2.18. The van der Waals surface area contributed by atoms with Crippen molar-refractivity contribution in [2.24, 2.45) is 7.05 Å². The van der Waals surface area contributed by atoms with Crippen LogP contribution in [-0.2, 0) is 13.6 Å². The first-order chi connectivity index (χ1) is 9.81. The molecule has 0 aliphatic carbocycles. The van der Waals surface area contributed by atoms with Crippen LogP contribution in [0.3, 0.4) is 0 Å². The highest BCUT2D eigenvalue weighted by atomic mass is 35.5. The van der Waals surface area contributed by atoms with Crippen molar-refractivity contribution in [3.05, 3.63) is 50.0 Å². The molecule has 0 saturated carbocycles. The molecule has 0 radical (unpaired) electrons. The molecular formula is C13H14ClFN4O2. The predicted octanol–water partition coefficient (Wildman–Crippen LogP) is 3.35. The van der Waals surface area contributed by atoms with Crippen molar-refractivity contribution in [2.45, 2.75) is 20.4 Å². The summed E-state index contributed by atoms with van der Waals surface area (Å²) < 4.78 is 15.2. The van der Waals surface area contributed by atoms with E-state index in [1.807, 2.05) is 20.9 Å². The lowest BCUT2D eigenvalue weighted by Crippen LogP contribution is -2.05. The maximum Gasteiger partial charge on any atom is 0.294 e. The van der Waals surface area contributed by atoms with Crippen molar-refractivity contribution in [3.8, 4) is 0 Å². The normalized spacial score (nSPS) is 10.7. The molecule has 1 heterocycles. The largest absolute Gasteiger partial charge is 0.375 e. The van der Waals surface area contributed by atoms with E-state index in [1.165, 1.54) is 0 Å². The Morgan fingerprint density at radius 1 is 1.48 bits per heavy atom. The SMILES string of the molecule is Cc1nn(C)c(C)c1CNc1cc(F)c(Cl)cc1[N+](=O)[O-]. The quantitative estimate of drug-likeness (QED) is 0.694. The summed E-state index contributed by atoms with van der Waals surface area (Å²) in [4.78, 5) is 10.4. The van der Waals surface area contributed by atoms with Crippen LogP contribution in [0.2, 0.25) is 5.02 Å². The summed E-state index contributed by atoms with van der Waals surface area (Å²) in [7, 11) is 1.82. The third-order valence-electron chi connectivity index (χ3n) is 3.35. The van der Waals surface area contributed by atoms with Gasteiger partial charge in [-0.3, -0.25) is 14.8 Å². The molecular weight excluding hydrogens is 299 g/mol. The van der Waals surface area contributed by atoms with Gasteiger partial charge in [0, 0.05) is 37.0 Å². The fraction of sp³-hybridized carbons (Fsp3) is 0.308. The van der Waals surface area contributed by atoms with Gasteiger partial charge in [-0.2, -0.15) is 5.10 Å². The monoisotopic (exact) mass is 312 g/mol. The van der Waals surface area contributed by atoms with Gasteiger partial charge >= 0.3 is 0 Å². The van der Waals surface area contributed by atoms with Crippen LogP contribution in [0.4, 0.5) is 15.8 Å². The maximum atomic E-state index is 13.5. The molecule has 21 heavy (non-hydrogen) atoms. The van der Waals surface area contributed by atoms with E-state index in [4.69, 9.17) is 11.6 Å². The van der Waals surface area contributed by atoms with Gasteiger partial charge in [-0.1, -0.05) is 11.6 Å². The van der Waals surface area contributed by atoms with Gasteiger partial charge in [-0.15, -0.1) is 0 Å². The van der Waals surface area contributed by atoms with Crippen molar-refractivity contribution in [1.82, 2.24) is 9.78 Å². The number of anilines is 1. The number of benzene rings is 1. The van der Waals surface area contributed by atoms with E-state index in [-0.39, 0.29) is 16.4 Å². The Kier molecular flexibility index (Phi) is 4.13. The topological polar surface area (TPSA) is 73.0 Å². The number of aryl methyl sites for hydroxylation is 2. The molecule has 1 aromatic carbocycles. The number of hydrogen-bond acceptors (Lipinski definition) is 4. The molecule has 1 N–H and O–H groups in total. The maximum absolute atomic E-state index is 13.5. The molecule has 0 spiro atoms. The smallest absolute Gasteiger partial charge is 0.294 e. The van der Waals surface area contributed by atoms with E-state index < -0.39 is 10.7 Å². The minimum atomic E-state index is -0.704. The summed E-state index contributed by atoms with van der Waals surface area (Å²) in [5.74, 6) is -0.704. The van der Waals surface area contributed by atoms with Gasteiger partial charge in [0.15, 0.2) is 0 Å². The number of hydrogen-bond donors (Lipinski definition) is 1. The van der Waals surface area contributed by atoms with E-state index in [1.54, 1.807) is 4.68 Å². The fourth-order valence-electron chi connectivity index (χ4n) is 2.09. The lowest BCUT2D eigenvalue weighted by atomic mass is 10.2. The highest BCUT2D eigenvalue weighted by Crippen LogP contribution is 2.31. The standard InChI is InChI=1S/C13H14ClFN4O2/c1-7-9(8(2)18(3)17-7)6-16-12-5-11(15)10(14)4-13(12)19(20)21/h4-5,16H,6H2,1-3H3. The van der Waals surface area contributed by atoms with Gasteiger partial charge < -0.3 is 5.32 Å². The van der Waals surface area contributed by atoms with Gasteiger partial charge in [-0.25, -0.2) is 4.39 Å². The van der Waals surface area contributed by atoms with Crippen molar-refractivity contribution >= 4 is 23.0 Å². The molecule has 0 amide bonds. The molecule has 0 unspecified atom stereocenters. The number of nitrogens with one attached hydrogen (secondary N) is 1. The van der Waals surface area contributed by atoms with E-state index in [0.29, 0.717) is 6.54 Å².